The zero-order chi connectivity index (χ0) is 9.52. The van der Waals surface area contributed by atoms with Gasteiger partial charge in [-0.05, 0) is 25.8 Å². The normalized spacial score (nSPS) is 27.9. The molecule has 13 heavy (non-hydrogen) atoms. The third-order valence-electron chi connectivity index (χ3n) is 2.69. The first-order valence-electron chi connectivity index (χ1n) is 5.12. The maximum absolute atomic E-state index is 8.91. The van der Waals surface area contributed by atoms with E-state index in [1.54, 1.807) is 0 Å². The maximum Gasteiger partial charge on any atom is 0.0672 e. The summed E-state index contributed by atoms with van der Waals surface area (Å²) in [6.45, 7) is 4.64. The number of hydrogen-bond donors (Lipinski definition) is 1. The molecule has 1 N–H and O–H groups in total. The fraction of sp³-hybridized carbons (Fsp3) is 0.727. The van der Waals surface area contributed by atoms with Crippen molar-refractivity contribution in [3.63, 3.8) is 0 Å². The van der Waals surface area contributed by atoms with Gasteiger partial charge in [0.25, 0.3) is 0 Å². The van der Waals surface area contributed by atoms with Crippen molar-refractivity contribution in [1.82, 2.24) is 5.32 Å². The van der Waals surface area contributed by atoms with E-state index in [9.17, 15) is 0 Å². The predicted octanol–water partition coefficient (Wildman–Crippen LogP) is 2.23. The molecule has 1 saturated carbocycles. The van der Waals surface area contributed by atoms with Crippen LogP contribution in [0, 0.1) is 17.2 Å². The Morgan fingerprint density at radius 2 is 2.23 bits per heavy atom. The van der Waals surface area contributed by atoms with E-state index in [1.165, 1.54) is 12.8 Å². The number of hydrogen-bond acceptors (Lipinski definition) is 2. The minimum atomic E-state index is 0.235. The van der Waals surface area contributed by atoms with Crippen molar-refractivity contribution in [2.24, 2.45) is 5.92 Å². The predicted molar refractivity (Wildman–Crippen MR) is 54.2 cm³/mol. The third-order valence-corrected chi connectivity index (χ3v) is 2.69. The Morgan fingerprint density at radius 1 is 1.46 bits per heavy atom. The highest BCUT2D eigenvalue weighted by Crippen LogP contribution is 2.23. The average Bonchev–Trinajstić information content (AvgIpc) is 2.19. The van der Waals surface area contributed by atoms with Crippen LogP contribution in [0.15, 0.2) is 12.7 Å². The van der Waals surface area contributed by atoms with E-state index in [0.29, 0.717) is 6.04 Å². The standard InChI is InChI=1S/C11H18N2/c1-2-3-8-13-11-7-5-4-6-10(11)9-12/h2,10-11,13H,1,3-8H2. The van der Waals surface area contributed by atoms with Crippen molar-refractivity contribution in [1.29, 1.82) is 5.26 Å². The molecule has 72 valence electrons. The van der Waals surface area contributed by atoms with Crippen LogP contribution in [-0.4, -0.2) is 12.6 Å². The molecule has 1 fully saturated rings. The molecule has 2 heteroatoms. The molecule has 0 heterocycles. The molecule has 0 spiro atoms. The lowest BCUT2D eigenvalue weighted by molar-refractivity contribution is 0.315. The van der Waals surface area contributed by atoms with Crippen molar-refractivity contribution in [2.75, 3.05) is 6.54 Å². The molecule has 1 rings (SSSR count). The number of nitrogens with one attached hydrogen (secondary N) is 1. The monoisotopic (exact) mass is 178 g/mol. The molecule has 0 bridgehead atoms. The first kappa shape index (κ1) is 10.3. The Morgan fingerprint density at radius 3 is 2.92 bits per heavy atom. The second-order valence-electron chi connectivity index (χ2n) is 3.66. The average molecular weight is 178 g/mol. The number of rotatable bonds is 4. The smallest absolute Gasteiger partial charge is 0.0672 e. The molecule has 0 aromatic heterocycles. The van der Waals surface area contributed by atoms with Crippen molar-refractivity contribution >= 4 is 0 Å². The Labute approximate surface area is 80.6 Å². The number of nitrogens with zero attached hydrogens (tertiary/aromatic N) is 1. The van der Waals surface area contributed by atoms with Gasteiger partial charge in [-0.1, -0.05) is 18.9 Å². The Bertz CT molecular complexity index is 193. The molecular formula is C11H18N2. The molecule has 0 aliphatic heterocycles. The molecule has 2 atom stereocenters. The molecule has 0 radical (unpaired) electrons. The summed E-state index contributed by atoms with van der Waals surface area (Å²) in [6, 6.07) is 2.82. The molecule has 0 aromatic rings. The minimum absolute atomic E-state index is 0.235. The molecule has 1 aliphatic carbocycles. The molecular weight excluding hydrogens is 160 g/mol. The van der Waals surface area contributed by atoms with Gasteiger partial charge in [-0.15, -0.1) is 6.58 Å². The fourth-order valence-electron chi connectivity index (χ4n) is 1.90. The van der Waals surface area contributed by atoms with Crippen LogP contribution >= 0.6 is 0 Å². The first-order valence-corrected chi connectivity index (χ1v) is 5.12. The van der Waals surface area contributed by atoms with Gasteiger partial charge in [0.15, 0.2) is 0 Å². The lowest BCUT2D eigenvalue weighted by atomic mass is 9.85. The van der Waals surface area contributed by atoms with E-state index in [0.717, 1.165) is 25.8 Å². The van der Waals surface area contributed by atoms with E-state index < -0.39 is 0 Å². The lowest BCUT2D eigenvalue weighted by Crippen LogP contribution is -2.38. The molecule has 0 saturated heterocycles. The van der Waals surface area contributed by atoms with Crippen LogP contribution in [0.25, 0.3) is 0 Å². The van der Waals surface area contributed by atoms with Gasteiger partial charge in [-0.3, -0.25) is 0 Å². The fourth-order valence-corrected chi connectivity index (χ4v) is 1.90. The summed E-state index contributed by atoms with van der Waals surface area (Å²) in [5, 5.41) is 12.3. The van der Waals surface area contributed by atoms with E-state index in [1.807, 2.05) is 6.08 Å². The van der Waals surface area contributed by atoms with Crippen molar-refractivity contribution in [2.45, 2.75) is 38.1 Å². The van der Waals surface area contributed by atoms with Gasteiger partial charge in [0, 0.05) is 6.04 Å². The van der Waals surface area contributed by atoms with E-state index in [4.69, 9.17) is 5.26 Å². The van der Waals surface area contributed by atoms with Gasteiger partial charge in [0.2, 0.25) is 0 Å². The highest BCUT2D eigenvalue weighted by Gasteiger charge is 2.23. The largest absolute Gasteiger partial charge is 0.312 e. The highest BCUT2D eigenvalue weighted by atomic mass is 14.9. The maximum atomic E-state index is 8.91. The summed E-state index contributed by atoms with van der Waals surface area (Å²) in [4.78, 5) is 0. The third kappa shape index (κ3) is 3.20. The summed E-state index contributed by atoms with van der Waals surface area (Å²) in [7, 11) is 0. The SMILES string of the molecule is C=CCCNC1CCCCC1C#N. The van der Waals surface area contributed by atoms with Crippen molar-refractivity contribution in [3.05, 3.63) is 12.7 Å². The van der Waals surface area contributed by atoms with Crippen LogP contribution < -0.4 is 5.32 Å². The van der Waals surface area contributed by atoms with Gasteiger partial charge in [0.1, 0.15) is 0 Å². The van der Waals surface area contributed by atoms with Crippen molar-refractivity contribution < 1.29 is 0 Å². The summed E-state index contributed by atoms with van der Waals surface area (Å²) in [5.74, 6) is 0.235. The molecule has 0 aromatic carbocycles. The zero-order valence-electron chi connectivity index (χ0n) is 8.13. The number of nitriles is 1. The molecule has 2 unspecified atom stereocenters. The Hall–Kier alpha value is -0.810. The van der Waals surface area contributed by atoms with E-state index >= 15 is 0 Å². The molecule has 2 nitrogen and oxygen atoms in total. The highest BCUT2D eigenvalue weighted by molar-refractivity contribution is 4.94. The van der Waals surface area contributed by atoms with Gasteiger partial charge in [0.05, 0.1) is 12.0 Å². The quantitative estimate of drug-likeness (QED) is 0.529. The summed E-state index contributed by atoms with van der Waals surface area (Å²) in [5.41, 5.74) is 0. The second-order valence-corrected chi connectivity index (χ2v) is 3.66. The van der Waals surface area contributed by atoms with Gasteiger partial charge in [-0.25, -0.2) is 0 Å². The van der Waals surface area contributed by atoms with Crippen molar-refractivity contribution in [3.8, 4) is 6.07 Å². The Kier molecular flexibility index (Phi) is 4.56. The van der Waals surface area contributed by atoms with Crippen LogP contribution in [0.3, 0.4) is 0 Å². The van der Waals surface area contributed by atoms with Crippen LogP contribution in [0.4, 0.5) is 0 Å². The van der Waals surface area contributed by atoms with Crippen LogP contribution in [-0.2, 0) is 0 Å². The summed E-state index contributed by atoms with van der Waals surface area (Å²) >= 11 is 0. The topological polar surface area (TPSA) is 35.8 Å². The Balaban J connectivity index is 2.28. The van der Waals surface area contributed by atoms with Crippen LogP contribution in [0.1, 0.15) is 32.1 Å². The second kappa shape index (κ2) is 5.77. The lowest BCUT2D eigenvalue weighted by Gasteiger charge is -2.27. The first-order chi connectivity index (χ1) is 6.38. The summed E-state index contributed by atoms with van der Waals surface area (Å²) < 4.78 is 0. The van der Waals surface area contributed by atoms with E-state index in [-0.39, 0.29) is 5.92 Å². The van der Waals surface area contributed by atoms with Crippen LogP contribution in [0.5, 0.6) is 0 Å². The molecule has 0 amide bonds. The van der Waals surface area contributed by atoms with Gasteiger partial charge >= 0.3 is 0 Å². The van der Waals surface area contributed by atoms with Crippen LogP contribution in [0.2, 0.25) is 0 Å². The summed E-state index contributed by atoms with van der Waals surface area (Å²) in [6.07, 6.45) is 7.63. The molecule has 1 aliphatic rings. The van der Waals surface area contributed by atoms with E-state index in [2.05, 4.69) is 18.0 Å². The van der Waals surface area contributed by atoms with Gasteiger partial charge < -0.3 is 5.32 Å². The zero-order valence-corrected chi connectivity index (χ0v) is 8.13. The minimum Gasteiger partial charge on any atom is -0.312 e. The van der Waals surface area contributed by atoms with Gasteiger partial charge in [-0.2, -0.15) is 5.26 Å².